The van der Waals surface area contributed by atoms with Crippen LogP contribution in [0.1, 0.15) is 39.2 Å². The average molecular weight is 320 g/mol. The van der Waals surface area contributed by atoms with Gasteiger partial charge < -0.3 is 20.6 Å². The molecule has 6 nitrogen and oxygen atoms in total. The van der Waals surface area contributed by atoms with Crippen LogP contribution in [0.15, 0.2) is 18.3 Å². The number of rotatable bonds is 6. The van der Waals surface area contributed by atoms with Gasteiger partial charge in [-0.15, -0.1) is 0 Å². The summed E-state index contributed by atoms with van der Waals surface area (Å²) in [6, 6.07) is 3.71. The summed E-state index contributed by atoms with van der Waals surface area (Å²) in [5, 5.41) is 15.6. The summed E-state index contributed by atoms with van der Waals surface area (Å²) in [7, 11) is 0. The molecule has 0 saturated carbocycles. The van der Waals surface area contributed by atoms with Crippen molar-refractivity contribution in [2.24, 2.45) is 5.92 Å². The van der Waals surface area contributed by atoms with E-state index in [4.69, 9.17) is 0 Å². The van der Waals surface area contributed by atoms with Gasteiger partial charge in [0, 0.05) is 32.4 Å². The van der Waals surface area contributed by atoms with Gasteiger partial charge in [0.15, 0.2) is 0 Å². The molecule has 3 N–H and O–H groups in total. The molecule has 2 amide bonds. The standard InChI is InChI=1S/C17H28N4O2/c1-13(2)17(3,23)12-20-16(22)19-11-14-6-7-15(18-10-14)21-8-4-5-9-21/h6-7,10,13,23H,4-5,8-9,11-12H2,1-3H3,(H2,19,20,22). The second-order valence-electron chi connectivity index (χ2n) is 6.77. The lowest BCUT2D eigenvalue weighted by Gasteiger charge is -2.27. The summed E-state index contributed by atoms with van der Waals surface area (Å²) in [5.41, 5.74) is 0.0507. The van der Waals surface area contributed by atoms with Crippen LogP contribution in [0.2, 0.25) is 0 Å². The van der Waals surface area contributed by atoms with Crippen LogP contribution in [-0.4, -0.2) is 41.4 Å². The van der Waals surface area contributed by atoms with E-state index < -0.39 is 5.60 Å². The highest BCUT2D eigenvalue weighted by Gasteiger charge is 2.25. The first-order chi connectivity index (χ1) is 10.9. The van der Waals surface area contributed by atoms with Gasteiger partial charge in [0.05, 0.1) is 5.60 Å². The number of aliphatic hydroxyl groups is 1. The third kappa shape index (κ3) is 5.10. The minimum atomic E-state index is -0.906. The Hall–Kier alpha value is -1.82. The number of nitrogens with zero attached hydrogens (tertiary/aromatic N) is 2. The molecule has 0 bridgehead atoms. The van der Waals surface area contributed by atoms with Gasteiger partial charge >= 0.3 is 6.03 Å². The van der Waals surface area contributed by atoms with Crippen molar-refractivity contribution in [3.8, 4) is 0 Å². The minimum absolute atomic E-state index is 0.0742. The van der Waals surface area contributed by atoms with Gasteiger partial charge in [0.25, 0.3) is 0 Å². The van der Waals surface area contributed by atoms with Crippen molar-refractivity contribution < 1.29 is 9.90 Å². The minimum Gasteiger partial charge on any atom is -0.388 e. The van der Waals surface area contributed by atoms with E-state index in [0.717, 1.165) is 24.5 Å². The second-order valence-corrected chi connectivity index (χ2v) is 6.77. The molecule has 128 valence electrons. The predicted molar refractivity (Wildman–Crippen MR) is 91.4 cm³/mol. The lowest BCUT2D eigenvalue weighted by molar-refractivity contribution is 0.0166. The molecule has 2 rings (SSSR count). The maximum atomic E-state index is 11.8. The van der Waals surface area contributed by atoms with Crippen LogP contribution in [0.5, 0.6) is 0 Å². The predicted octanol–water partition coefficient (Wildman–Crippen LogP) is 1.89. The fraction of sp³-hybridized carbons (Fsp3) is 0.647. The van der Waals surface area contributed by atoms with Crippen molar-refractivity contribution in [1.82, 2.24) is 15.6 Å². The van der Waals surface area contributed by atoms with Crippen molar-refractivity contribution >= 4 is 11.8 Å². The van der Waals surface area contributed by atoms with E-state index in [1.807, 2.05) is 26.0 Å². The molecule has 1 fully saturated rings. The number of hydrogen-bond donors (Lipinski definition) is 3. The molecule has 23 heavy (non-hydrogen) atoms. The number of aromatic nitrogens is 1. The van der Waals surface area contributed by atoms with Gasteiger partial charge in [0.2, 0.25) is 0 Å². The lowest BCUT2D eigenvalue weighted by Crippen LogP contribution is -2.47. The molecule has 1 aliphatic rings. The van der Waals surface area contributed by atoms with Crippen LogP contribution < -0.4 is 15.5 Å². The molecular weight excluding hydrogens is 292 g/mol. The molecular formula is C17H28N4O2. The van der Waals surface area contributed by atoms with E-state index in [-0.39, 0.29) is 18.5 Å². The van der Waals surface area contributed by atoms with Gasteiger partial charge in [-0.2, -0.15) is 0 Å². The number of pyridine rings is 1. The quantitative estimate of drug-likeness (QED) is 0.748. The van der Waals surface area contributed by atoms with E-state index in [1.54, 1.807) is 13.1 Å². The molecule has 1 atom stereocenters. The molecule has 1 aromatic heterocycles. The Morgan fingerprint density at radius 2 is 2.04 bits per heavy atom. The third-order valence-electron chi connectivity index (χ3n) is 4.54. The lowest BCUT2D eigenvalue weighted by atomic mass is 9.93. The largest absolute Gasteiger partial charge is 0.388 e. The first-order valence-electron chi connectivity index (χ1n) is 8.32. The van der Waals surface area contributed by atoms with Gasteiger partial charge in [-0.05, 0) is 37.3 Å². The molecule has 1 aliphatic heterocycles. The van der Waals surface area contributed by atoms with Crippen LogP contribution in [0, 0.1) is 5.92 Å². The summed E-state index contributed by atoms with van der Waals surface area (Å²) in [6.45, 7) is 8.36. The number of anilines is 1. The van der Waals surface area contributed by atoms with Crippen molar-refractivity contribution in [2.45, 2.75) is 45.8 Å². The maximum absolute atomic E-state index is 11.8. The van der Waals surface area contributed by atoms with E-state index in [1.165, 1.54) is 12.8 Å². The maximum Gasteiger partial charge on any atom is 0.315 e. The van der Waals surface area contributed by atoms with Crippen LogP contribution in [0.4, 0.5) is 10.6 Å². The van der Waals surface area contributed by atoms with E-state index in [9.17, 15) is 9.90 Å². The van der Waals surface area contributed by atoms with Crippen molar-refractivity contribution in [2.75, 3.05) is 24.5 Å². The number of urea groups is 1. The normalized spacial score (nSPS) is 17.2. The van der Waals surface area contributed by atoms with Crippen molar-refractivity contribution in [3.05, 3.63) is 23.9 Å². The SMILES string of the molecule is CC(C)C(C)(O)CNC(=O)NCc1ccc(N2CCCC2)nc1. The average Bonchev–Trinajstić information content (AvgIpc) is 3.06. The fourth-order valence-corrected chi connectivity index (χ4v) is 2.36. The smallest absolute Gasteiger partial charge is 0.315 e. The van der Waals surface area contributed by atoms with E-state index in [0.29, 0.717) is 6.54 Å². The van der Waals surface area contributed by atoms with Gasteiger partial charge in [0.1, 0.15) is 5.82 Å². The van der Waals surface area contributed by atoms with Gasteiger partial charge in [-0.1, -0.05) is 19.9 Å². The van der Waals surface area contributed by atoms with E-state index in [2.05, 4.69) is 20.5 Å². The Bertz CT molecular complexity index is 508. The summed E-state index contributed by atoms with van der Waals surface area (Å²) in [5.74, 6) is 1.08. The third-order valence-corrected chi connectivity index (χ3v) is 4.54. The van der Waals surface area contributed by atoms with Crippen LogP contribution >= 0.6 is 0 Å². The second kappa shape index (κ2) is 7.64. The molecule has 0 aromatic carbocycles. The Morgan fingerprint density at radius 1 is 1.35 bits per heavy atom. The number of hydrogen-bond acceptors (Lipinski definition) is 4. The summed E-state index contributed by atoms with van der Waals surface area (Å²) < 4.78 is 0. The molecule has 1 saturated heterocycles. The summed E-state index contributed by atoms with van der Waals surface area (Å²) >= 11 is 0. The van der Waals surface area contributed by atoms with E-state index >= 15 is 0 Å². The zero-order valence-electron chi connectivity index (χ0n) is 14.3. The Balaban J connectivity index is 1.76. The highest BCUT2D eigenvalue weighted by molar-refractivity contribution is 5.73. The van der Waals surface area contributed by atoms with Crippen LogP contribution in [0.3, 0.4) is 0 Å². The summed E-state index contributed by atoms with van der Waals surface area (Å²) in [4.78, 5) is 18.5. The van der Waals surface area contributed by atoms with Crippen LogP contribution in [-0.2, 0) is 6.54 Å². The van der Waals surface area contributed by atoms with Gasteiger partial charge in [-0.25, -0.2) is 9.78 Å². The zero-order chi connectivity index (χ0) is 16.9. The molecule has 6 heteroatoms. The highest BCUT2D eigenvalue weighted by Crippen LogP contribution is 2.17. The zero-order valence-corrected chi connectivity index (χ0v) is 14.3. The first-order valence-corrected chi connectivity index (χ1v) is 8.32. The Kier molecular flexibility index (Phi) is 5.82. The number of carbonyl (C=O) groups is 1. The Morgan fingerprint density at radius 3 is 2.61 bits per heavy atom. The monoisotopic (exact) mass is 320 g/mol. The number of amides is 2. The highest BCUT2D eigenvalue weighted by atomic mass is 16.3. The van der Waals surface area contributed by atoms with Gasteiger partial charge in [-0.3, -0.25) is 0 Å². The molecule has 0 spiro atoms. The molecule has 1 aromatic rings. The fourth-order valence-electron chi connectivity index (χ4n) is 2.36. The number of nitrogens with one attached hydrogen (secondary N) is 2. The van der Waals surface area contributed by atoms with Crippen molar-refractivity contribution in [3.63, 3.8) is 0 Å². The van der Waals surface area contributed by atoms with Crippen LogP contribution in [0.25, 0.3) is 0 Å². The molecule has 2 heterocycles. The molecule has 0 aliphatic carbocycles. The topological polar surface area (TPSA) is 77.5 Å². The summed E-state index contributed by atoms with van der Waals surface area (Å²) in [6.07, 6.45) is 4.26. The first kappa shape index (κ1) is 17.5. The molecule has 0 radical (unpaired) electrons. The molecule has 1 unspecified atom stereocenters. The number of carbonyl (C=O) groups excluding carboxylic acids is 1. The van der Waals surface area contributed by atoms with Crippen molar-refractivity contribution in [1.29, 1.82) is 0 Å². The Labute approximate surface area is 138 Å².